The molecule has 0 aliphatic carbocycles. The van der Waals surface area contributed by atoms with Gasteiger partial charge in [0.15, 0.2) is 5.82 Å². The second kappa shape index (κ2) is 17.5. The van der Waals surface area contributed by atoms with Gasteiger partial charge >= 0.3 is 0 Å². The van der Waals surface area contributed by atoms with Crippen molar-refractivity contribution in [2.24, 2.45) is 0 Å². The Morgan fingerprint density at radius 2 is 0.890 bits per heavy atom. The van der Waals surface area contributed by atoms with E-state index < -0.39 is 0 Å². The minimum atomic E-state index is 0.729. The Morgan fingerprint density at radius 3 is 1.51 bits per heavy atom. The summed E-state index contributed by atoms with van der Waals surface area (Å²) in [6.07, 6.45) is 6.06. The summed E-state index contributed by atoms with van der Waals surface area (Å²) in [5.41, 5.74) is 22.4. The van der Waals surface area contributed by atoms with Crippen LogP contribution in [0.1, 0.15) is 27.9 Å². The highest BCUT2D eigenvalue weighted by molar-refractivity contribution is 6.13. The molecule has 0 bridgehead atoms. The van der Waals surface area contributed by atoms with E-state index in [0.29, 0.717) is 0 Å². The van der Waals surface area contributed by atoms with Crippen molar-refractivity contribution < 1.29 is 0 Å². The maximum Gasteiger partial charge on any atom is 0.160 e. The Labute approximate surface area is 424 Å². The van der Waals surface area contributed by atoms with Crippen LogP contribution in [0.15, 0.2) is 225 Å². The van der Waals surface area contributed by atoms with Gasteiger partial charge in [0.1, 0.15) is 0 Å². The lowest BCUT2D eigenvalue weighted by Crippen LogP contribution is -1.99. The molecule has 5 nitrogen and oxygen atoms in total. The molecule has 0 saturated heterocycles. The maximum atomic E-state index is 5.17. The first-order chi connectivity index (χ1) is 35.8. The smallest absolute Gasteiger partial charge is 0.160 e. The number of hydrogen-bond acceptors (Lipinski definition) is 2. The van der Waals surface area contributed by atoms with Gasteiger partial charge in [0, 0.05) is 66.4 Å². The van der Waals surface area contributed by atoms with Gasteiger partial charge in [-0.15, -0.1) is 0 Å². The molecule has 0 atom stereocenters. The number of aryl methyl sites for hydroxylation is 4. The first kappa shape index (κ1) is 43.7. The summed E-state index contributed by atoms with van der Waals surface area (Å²) in [7, 11) is 0. The van der Waals surface area contributed by atoms with Gasteiger partial charge in [-0.2, -0.15) is 0 Å². The molecular weight excluding hydrogens is 887 g/mol. The first-order valence-corrected chi connectivity index (χ1v) is 25.0. The van der Waals surface area contributed by atoms with Crippen LogP contribution in [0.2, 0.25) is 0 Å². The van der Waals surface area contributed by atoms with Crippen molar-refractivity contribution in [3.63, 3.8) is 0 Å². The van der Waals surface area contributed by atoms with Gasteiger partial charge in [0.05, 0.1) is 39.0 Å². The fourth-order valence-electron chi connectivity index (χ4n) is 11.3. The Balaban J connectivity index is 0.945. The molecule has 0 saturated carbocycles. The van der Waals surface area contributed by atoms with Crippen molar-refractivity contribution >= 4 is 60.6 Å². The van der Waals surface area contributed by atoms with Crippen LogP contribution < -0.4 is 0 Å². The topological polar surface area (TPSA) is 40.6 Å². The van der Waals surface area contributed by atoms with Crippen molar-refractivity contribution in [1.82, 2.24) is 23.7 Å². The zero-order valence-corrected chi connectivity index (χ0v) is 41.3. The predicted molar refractivity (Wildman–Crippen MR) is 307 cm³/mol. The maximum absolute atomic E-state index is 5.17. The minimum Gasteiger partial charge on any atom is -0.310 e. The number of fused-ring (bicyclic) bond motifs is 7. The fraction of sp³-hybridized carbons (Fsp3) is 0.0588. The Bertz CT molecular complexity index is 4270. The van der Waals surface area contributed by atoms with E-state index in [-0.39, 0.29) is 0 Å². The lowest BCUT2D eigenvalue weighted by Gasteiger charge is -2.15. The lowest BCUT2D eigenvalue weighted by molar-refractivity contribution is 1.10. The summed E-state index contributed by atoms with van der Waals surface area (Å²) in [6.45, 7) is 12.7. The molecule has 9 aromatic carbocycles. The van der Waals surface area contributed by atoms with Crippen LogP contribution in [-0.2, 0) is 0 Å². The standard InChI is InChI=1S/C68H51N5/c1-6-7-25-62-46(5)54-22-12-15-26-63(54)71(62)50-34-37-66-57(40-50)58-41-51(72-64-27-16-13-23-55(64)56-24-14-17-28-65(56)72)35-38-67(58)73(66)61-36-33-49(39-45(61)4)47-29-31-48(32-30-47)59-42-60(52-20-10-8-18-43(52)2)70-68(69-59)53-21-11-9-19-44(53)3/h6-42H,1H2,2-5H3/b25-7-. The third kappa shape index (κ3) is 7.23. The molecule has 4 heterocycles. The van der Waals surface area contributed by atoms with E-state index in [0.717, 1.165) is 84.4 Å². The van der Waals surface area contributed by atoms with Crippen LogP contribution in [0.5, 0.6) is 0 Å². The van der Waals surface area contributed by atoms with E-state index in [4.69, 9.17) is 9.97 Å². The van der Waals surface area contributed by atoms with Crippen molar-refractivity contribution in [3.8, 4) is 62.1 Å². The monoisotopic (exact) mass is 937 g/mol. The van der Waals surface area contributed by atoms with Crippen LogP contribution in [0.3, 0.4) is 0 Å². The van der Waals surface area contributed by atoms with Crippen molar-refractivity contribution in [1.29, 1.82) is 0 Å². The molecule has 0 aliphatic rings. The van der Waals surface area contributed by atoms with Gasteiger partial charge in [-0.05, 0) is 140 Å². The molecule has 0 fully saturated rings. The molecule has 5 heteroatoms. The summed E-state index contributed by atoms with van der Waals surface area (Å²) in [5, 5.41) is 6.10. The van der Waals surface area contributed by atoms with Crippen LogP contribution in [0.4, 0.5) is 0 Å². The van der Waals surface area contributed by atoms with Gasteiger partial charge in [-0.25, -0.2) is 9.97 Å². The third-order valence-electron chi connectivity index (χ3n) is 14.9. The minimum absolute atomic E-state index is 0.729. The van der Waals surface area contributed by atoms with E-state index in [1.165, 1.54) is 60.2 Å². The number of hydrogen-bond donors (Lipinski definition) is 0. The molecule has 73 heavy (non-hydrogen) atoms. The molecule has 348 valence electrons. The molecule has 13 rings (SSSR count). The van der Waals surface area contributed by atoms with Gasteiger partial charge < -0.3 is 13.7 Å². The van der Waals surface area contributed by atoms with Crippen molar-refractivity contribution in [2.45, 2.75) is 27.7 Å². The first-order valence-electron chi connectivity index (χ1n) is 25.0. The zero-order chi connectivity index (χ0) is 49.3. The average molecular weight is 938 g/mol. The predicted octanol–water partition coefficient (Wildman–Crippen LogP) is 17.7. The lowest BCUT2D eigenvalue weighted by atomic mass is 9.99. The number of rotatable bonds is 9. The van der Waals surface area contributed by atoms with Crippen LogP contribution in [-0.4, -0.2) is 23.7 Å². The van der Waals surface area contributed by atoms with Gasteiger partial charge in [-0.3, -0.25) is 0 Å². The second-order valence-corrected chi connectivity index (χ2v) is 19.2. The Kier molecular flexibility index (Phi) is 10.5. The van der Waals surface area contributed by atoms with E-state index >= 15 is 0 Å². The molecule has 0 aliphatic heterocycles. The van der Waals surface area contributed by atoms with Gasteiger partial charge in [0.25, 0.3) is 0 Å². The number of aromatic nitrogens is 5. The van der Waals surface area contributed by atoms with Gasteiger partial charge in [-0.1, -0.05) is 152 Å². The van der Waals surface area contributed by atoms with E-state index in [9.17, 15) is 0 Å². The SMILES string of the molecule is C=C/C=C\c1c(C)c2ccccc2n1-c1ccc2c(c1)c1cc(-n3c4ccccc4c4ccccc43)ccc1n2-c1ccc(-c2ccc(-c3cc(-c4ccccc4C)nc(-c4ccccc4C)n3)cc2)cc1C. The highest BCUT2D eigenvalue weighted by atomic mass is 15.0. The zero-order valence-electron chi connectivity index (χ0n) is 41.3. The summed E-state index contributed by atoms with van der Waals surface area (Å²) >= 11 is 0. The fourth-order valence-corrected chi connectivity index (χ4v) is 11.3. The Hall–Kier alpha value is -9.32. The van der Waals surface area contributed by atoms with Crippen molar-refractivity contribution in [2.75, 3.05) is 0 Å². The largest absolute Gasteiger partial charge is 0.310 e. The van der Waals surface area contributed by atoms with E-state index in [1.54, 1.807) is 0 Å². The van der Waals surface area contributed by atoms with E-state index in [1.807, 2.05) is 12.2 Å². The quantitative estimate of drug-likeness (QED) is 0.135. The molecule has 13 aromatic rings. The summed E-state index contributed by atoms with van der Waals surface area (Å²) < 4.78 is 7.27. The molecule has 0 spiro atoms. The highest BCUT2D eigenvalue weighted by Gasteiger charge is 2.21. The van der Waals surface area contributed by atoms with Crippen LogP contribution in [0.25, 0.3) is 123 Å². The third-order valence-corrected chi connectivity index (χ3v) is 14.9. The van der Waals surface area contributed by atoms with Crippen LogP contribution >= 0.6 is 0 Å². The van der Waals surface area contributed by atoms with Gasteiger partial charge in [0.2, 0.25) is 0 Å². The molecule has 0 N–H and O–H groups in total. The molecule has 0 unspecified atom stereocenters. The second-order valence-electron chi connectivity index (χ2n) is 19.2. The Morgan fingerprint density at radius 1 is 0.384 bits per heavy atom. The molecule has 0 radical (unpaired) electrons. The molecular formula is C68H51N5. The number of para-hydroxylation sites is 3. The summed E-state index contributed by atoms with van der Waals surface area (Å²) in [5.74, 6) is 0.729. The highest BCUT2D eigenvalue weighted by Crippen LogP contribution is 2.41. The normalized spacial score (nSPS) is 11.8. The number of nitrogens with zero attached hydrogens (tertiary/aromatic N) is 5. The number of allylic oxidation sites excluding steroid dienone is 2. The van der Waals surface area contributed by atoms with Crippen molar-refractivity contribution in [3.05, 3.63) is 253 Å². The molecule has 0 amide bonds. The summed E-state index contributed by atoms with van der Waals surface area (Å²) in [4.78, 5) is 10.3. The van der Waals surface area contributed by atoms with E-state index in [2.05, 4.69) is 260 Å². The van der Waals surface area contributed by atoms with Crippen LogP contribution in [0, 0.1) is 27.7 Å². The average Bonchev–Trinajstić information content (AvgIpc) is 4.04. The summed E-state index contributed by atoms with van der Waals surface area (Å²) in [6, 6.07) is 74.8. The number of benzene rings is 9. The molecule has 4 aromatic heterocycles.